The third-order valence-electron chi connectivity index (χ3n) is 5.19. The number of aryl methyl sites for hydroxylation is 2. The van der Waals surface area contributed by atoms with Crippen LogP contribution in [0.5, 0.6) is 0 Å². The molecular formula is C19H22FN5O3S. The summed E-state index contributed by atoms with van der Waals surface area (Å²) in [6, 6.07) is 5.91. The lowest BCUT2D eigenvalue weighted by Crippen LogP contribution is -2.38. The van der Waals surface area contributed by atoms with E-state index < -0.39 is 10.0 Å². The average Bonchev–Trinajstić information content (AvgIpc) is 3.37. The molecule has 0 saturated carbocycles. The fourth-order valence-electron chi connectivity index (χ4n) is 3.49. The van der Waals surface area contributed by atoms with Crippen LogP contribution in [0, 0.1) is 11.7 Å². The van der Waals surface area contributed by atoms with Crippen molar-refractivity contribution in [3.8, 4) is 11.5 Å². The third kappa shape index (κ3) is 4.38. The number of rotatable bonds is 6. The lowest BCUT2D eigenvalue weighted by molar-refractivity contribution is 0.262. The van der Waals surface area contributed by atoms with Crippen molar-refractivity contribution < 1.29 is 17.3 Å². The normalized spacial score (nSPS) is 16.3. The largest absolute Gasteiger partial charge is 0.339 e. The summed E-state index contributed by atoms with van der Waals surface area (Å²) in [6.45, 7) is 0.966. The highest BCUT2D eigenvalue weighted by Crippen LogP contribution is 2.26. The van der Waals surface area contributed by atoms with Gasteiger partial charge in [-0.2, -0.15) is 9.29 Å². The average molecular weight is 419 g/mol. The van der Waals surface area contributed by atoms with Gasteiger partial charge in [0.05, 0.1) is 6.33 Å². The molecule has 0 aliphatic carbocycles. The highest BCUT2D eigenvalue weighted by molar-refractivity contribution is 7.89. The van der Waals surface area contributed by atoms with Gasteiger partial charge in [0.1, 0.15) is 5.82 Å². The number of benzene rings is 1. The number of imidazole rings is 1. The number of nitrogens with zero attached hydrogens (tertiary/aromatic N) is 5. The molecule has 0 radical (unpaired) electrons. The zero-order valence-electron chi connectivity index (χ0n) is 16.0. The van der Waals surface area contributed by atoms with Gasteiger partial charge in [-0.3, -0.25) is 0 Å². The summed E-state index contributed by atoms with van der Waals surface area (Å²) in [5, 5.41) is 4.09. The van der Waals surface area contributed by atoms with Crippen molar-refractivity contribution in [3.63, 3.8) is 0 Å². The second kappa shape index (κ2) is 8.03. The number of sulfonamides is 1. The summed E-state index contributed by atoms with van der Waals surface area (Å²) in [4.78, 5) is 8.35. The molecular weight excluding hydrogens is 397 g/mol. The molecule has 0 unspecified atom stereocenters. The highest BCUT2D eigenvalue weighted by atomic mass is 32.2. The Balaban J connectivity index is 1.30. The molecule has 2 aromatic heterocycles. The Bertz CT molecular complexity index is 1070. The van der Waals surface area contributed by atoms with E-state index >= 15 is 0 Å². The number of hydrogen-bond donors (Lipinski definition) is 0. The van der Waals surface area contributed by atoms with E-state index in [0.29, 0.717) is 42.7 Å². The van der Waals surface area contributed by atoms with E-state index in [9.17, 15) is 12.8 Å². The first-order valence-corrected chi connectivity index (χ1v) is 10.9. The fourth-order valence-corrected chi connectivity index (χ4v) is 4.93. The quantitative estimate of drug-likeness (QED) is 0.610. The molecule has 0 atom stereocenters. The fraction of sp³-hybridized carbons (Fsp3) is 0.421. The lowest BCUT2D eigenvalue weighted by Gasteiger charge is -2.30. The second-order valence-electron chi connectivity index (χ2n) is 7.29. The zero-order chi connectivity index (χ0) is 20.4. The minimum absolute atomic E-state index is 0.0959. The molecule has 0 amide bonds. The molecule has 1 saturated heterocycles. The number of aromatic nitrogens is 4. The molecule has 154 valence electrons. The molecule has 0 spiro atoms. The Morgan fingerprint density at radius 1 is 1.21 bits per heavy atom. The van der Waals surface area contributed by atoms with E-state index in [2.05, 4.69) is 15.1 Å². The van der Waals surface area contributed by atoms with Gasteiger partial charge in [0.15, 0.2) is 10.9 Å². The predicted molar refractivity (Wildman–Crippen MR) is 103 cm³/mol. The van der Waals surface area contributed by atoms with Gasteiger partial charge >= 0.3 is 0 Å². The van der Waals surface area contributed by atoms with Gasteiger partial charge in [0, 0.05) is 38.3 Å². The molecule has 10 heteroatoms. The first-order valence-electron chi connectivity index (χ1n) is 9.48. The van der Waals surface area contributed by atoms with Crippen LogP contribution >= 0.6 is 0 Å². The van der Waals surface area contributed by atoms with Crippen LogP contribution in [0.25, 0.3) is 11.5 Å². The van der Waals surface area contributed by atoms with Crippen LogP contribution in [0.2, 0.25) is 0 Å². The first kappa shape index (κ1) is 19.7. The summed E-state index contributed by atoms with van der Waals surface area (Å²) in [7, 11) is -1.78. The third-order valence-corrected chi connectivity index (χ3v) is 6.98. The minimum Gasteiger partial charge on any atom is -0.339 e. The van der Waals surface area contributed by atoms with Crippen molar-refractivity contribution in [3.05, 3.63) is 48.4 Å². The van der Waals surface area contributed by atoms with Crippen LogP contribution in [-0.4, -0.2) is 45.5 Å². The van der Waals surface area contributed by atoms with E-state index in [0.717, 1.165) is 19.3 Å². The van der Waals surface area contributed by atoms with E-state index in [-0.39, 0.29) is 10.8 Å². The van der Waals surface area contributed by atoms with Crippen LogP contribution in [0.15, 0.2) is 46.3 Å². The number of halogens is 1. The Labute approximate surface area is 168 Å². The van der Waals surface area contributed by atoms with Gasteiger partial charge in [0.25, 0.3) is 15.9 Å². The molecule has 1 fully saturated rings. The van der Waals surface area contributed by atoms with Crippen molar-refractivity contribution in [2.75, 3.05) is 13.1 Å². The summed E-state index contributed by atoms with van der Waals surface area (Å²) in [6.07, 6.45) is 6.10. The molecule has 8 nitrogen and oxygen atoms in total. The highest BCUT2D eigenvalue weighted by Gasteiger charge is 2.30. The Morgan fingerprint density at radius 3 is 2.59 bits per heavy atom. The van der Waals surface area contributed by atoms with Gasteiger partial charge in [0.2, 0.25) is 0 Å². The molecule has 1 aliphatic heterocycles. The number of piperidine rings is 1. The molecule has 3 aromatic rings. The summed E-state index contributed by atoms with van der Waals surface area (Å²) >= 11 is 0. The molecule has 1 aromatic carbocycles. The second-order valence-corrected chi connectivity index (χ2v) is 9.17. The van der Waals surface area contributed by atoms with Gasteiger partial charge < -0.3 is 9.09 Å². The smallest absolute Gasteiger partial charge is 0.262 e. The van der Waals surface area contributed by atoms with Crippen LogP contribution in [-0.2, 0) is 23.5 Å². The monoisotopic (exact) mass is 419 g/mol. The van der Waals surface area contributed by atoms with Crippen molar-refractivity contribution >= 4 is 10.0 Å². The van der Waals surface area contributed by atoms with Gasteiger partial charge in [-0.05, 0) is 49.4 Å². The van der Waals surface area contributed by atoms with Crippen molar-refractivity contribution in [2.24, 2.45) is 13.0 Å². The molecule has 29 heavy (non-hydrogen) atoms. The van der Waals surface area contributed by atoms with Gasteiger partial charge in [-0.15, -0.1) is 0 Å². The Kier molecular flexibility index (Phi) is 5.46. The van der Waals surface area contributed by atoms with Crippen LogP contribution in [0.1, 0.15) is 25.1 Å². The number of hydrogen-bond acceptors (Lipinski definition) is 6. The predicted octanol–water partition coefficient (Wildman–Crippen LogP) is 2.64. The Hall–Kier alpha value is -2.59. The summed E-state index contributed by atoms with van der Waals surface area (Å²) in [5.74, 6) is 1.06. The molecule has 1 aliphatic rings. The topological polar surface area (TPSA) is 94.1 Å². The lowest BCUT2D eigenvalue weighted by atomic mass is 9.93. The zero-order valence-corrected chi connectivity index (χ0v) is 16.8. The van der Waals surface area contributed by atoms with Gasteiger partial charge in [-0.1, -0.05) is 5.16 Å². The molecule has 3 heterocycles. The maximum atomic E-state index is 13.0. The van der Waals surface area contributed by atoms with Crippen molar-refractivity contribution in [2.45, 2.75) is 30.7 Å². The van der Waals surface area contributed by atoms with Gasteiger partial charge in [-0.25, -0.2) is 17.8 Å². The maximum absolute atomic E-state index is 13.0. The van der Waals surface area contributed by atoms with E-state index in [1.165, 1.54) is 29.0 Å². The molecule has 4 rings (SSSR count). The maximum Gasteiger partial charge on any atom is 0.262 e. The van der Waals surface area contributed by atoms with Crippen LogP contribution in [0.3, 0.4) is 0 Å². The first-order chi connectivity index (χ1) is 13.9. The summed E-state index contributed by atoms with van der Waals surface area (Å²) in [5.41, 5.74) is 0.679. The van der Waals surface area contributed by atoms with E-state index in [1.54, 1.807) is 23.7 Å². The van der Waals surface area contributed by atoms with Crippen molar-refractivity contribution in [1.82, 2.24) is 24.0 Å². The minimum atomic E-state index is -3.53. The van der Waals surface area contributed by atoms with Crippen molar-refractivity contribution in [1.29, 1.82) is 0 Å². The summed E-state index contributed by atoms with van der Waals surface area (Å²) < 4.78 is 46.7. The standard InChI is InChI=1S/C19H22FN5O3S/c1-24-12-18(21-13-24)29(26,27)25-10-8-14(9-11-25)2-7-17-22-19(28-23-17)15-3-5-16(20)6-4-15/h3-6,12-14H,2,7-11H2,1H3. The van der Waals surface area contributed by atoms with E-state index in [4.69, 9.17) is 4.52 Å². The van der Waals surface area contributed by atoms with E-state index in [1.807, 2.05) is 0 Å². The SMILES string of the molecule is Cn1cnc(S(=O)(=O)N2CCC(CCc3noc(-c4ccc(F)cc4)n3)CC2)c1. The van der Waals surface area contributed by atoms with Crippen LogP contribution < -0.4 is 0 Å². The van der Waals surface area contributed by atoms with Crippen LogP contribution in [0.4, 0.5) is 4.39 Å². The molecule has 0 bridgehead atoms. The Morgan fingerprint density at radius 2 is 1.93 bits per heavy atom. The molecule has 0 N–H and O–H groups in total.